The minimum Gasteiger partial charge on any atom is -0.394 e. The number of rotatable bonds is 3. The van der Waals surface area contributed by atoms with Gasteiger partial charge in [0.1, 0.15) is 6.23 Å². The first-order valence-corrected chi connectivity index (χ1v) is 5.93. The SMILES string of the molecule is CCc1cn([C@H]2C[C@H](N)[C@@H](CO)O2)c(=O)[nH]c1=O. The number of hydrogen-bond acceptors (Lipinski definition) is 5. The molecule has 18 heavy (non-hydrogen) atoms. The van der Waals surface area contributed by atoms with Crippen LogP contribution in [0.4, 0.5) is 0 Å². The maximum Gasteiger partial charge on any atom is 0.330 e. The molecule has 0 amide bonds. The number of ether oxygens (including phenoxy) is 1. The van der Waals surface area contributed by atoms with E-state index in [1.807, 2.05) is 6.92 Å². The molecule has 4 N–H and O–H groups in total. The zero-order valence-electron chi connectivity index (χ0n) is 10.1. The van der Waals surface area contributed by atoms with Crippen LogP contribution < -0.4 is 17.0 Å². The third-order valence-corrected chi connectivity index (χ3v) is 3.20. The van der Waals surface area contributed by atoms with Crippen molar-refractivity contribution in [2.24, 2.45) is 5.73 Å². The van der Waals surface area contributed by atoms with Gasteiger partial charge in [-0.3, -0.25) is 14.3 Å². The van der Waals surface area contributed by atoms with E-state index in [9.17, 15) is 9.59 Å². The molecular formula is C11H17N3O4. The van der Waals surface area contributed by atoms with Crippen molar-refractivity contribution in [2.45, 2.75) is 38.1 Å². The molecule has 7 heteroatoms. The summed E-state index contributed by atoms with van der Waals surface area (Å²) in [6.07, 6.45) is 1.45. The molecule has 0 radical (unpaired) electrons. The average Bonchev–Trinajstić information content (AvgIpc) is 2.70. The highest BCUT2D eigenvalue weighted by molar-refractivity contribution is 5.05. The van der Waals surface area contributed by atoms with E-state index in [1.54, 1.807) is 0 Å². The zero-order chi connectivity index (χ0) is 13.3. The maximum atomic E-state index is 11.7. The summed E-state index contributed by atoms with van der Waals surface area (Å²) in [6, 6.07) is -0.316. The van der Waals surface area contributed by atoms with E-state index in [0.717, 1.165) is 0 Å². The van der Waals surface area contributed by atoms with Gasteiger partial charge in [-0.25, -0.2) is 4.79 Å². The molecule has 2 rings (SSSR count). The highest BCUT2D eigenvalue weighted by atomic mass is 16.5. The Balaban J connectivity index is 2.35. The monoisotopic (exact) mass is 255 g/mol. The van der Waals surface area contributed by atoms with Crippen LogP contribution in [0.5, 0.6) is 0 Å². The van der Waals surface area contributed by atoms with E-state index in [4.69, 9.17) is 15.6 Å². The number of aryl methyl sites for hydroxylation is 1. The topological polar surface area (TPSA) is 110 Å². The lowest BCUT2D eigenvalue weighted by Gasteiger charge is -2.15. The fourth-order valence-electron chi connectivity index (χ4n) is 2.09. The van der Waals surface area contributed by atoms with Gasteiger partial charge in [0.05, 0.1) is 12.7 Å². The summed E-state index contributed by atoms with van der Waals surface area (Å²) in [5.74, 6) is 0. The van der Waals surface area contributed by atoms with Crippen LogP contribution in [0.3, 0.4) is 0 Å². The van der Waals surface area contributed by atoms with Crippen molar-refractivity contribution in [3.05, 3.63) is 32.6 Å². The summed E-state index contributed by atoms with van der Waals surface area (Å²) in [6.45, 7) is 1.65. The molecule has 1 aliphatic heterocycles. The van der Waals surface area contributed by atoms with Crippen LogP contribution >= 0.6 is 0 Å². The largest absolute Gasteiger partial charge is 0.394 e. The summed E-state index contributed by atoms with van der Waals surface area (Å²) >= 11 is 0. The standard InChI is InChI=1S/C11H17N3O4/c1-2-6-4-14(11(17)13-10(6)16)9-3-7(12)8(5-15)18-9/h4,7-9,15H,2-3,5,12H2,1H3,(H,13,16,17)/t7-,8+,9+/m0/s1. The molecule has 0 spiro atoms. The van der Waals surface area contributed by atoms with Gasteiger partial charge in [-0.05, 0) is 6.42 Å². The second-order valence-corrected chi connectivity index (χ2v) is 4.39. The van der Waals surface area contributed by atoms with Crippen molar-refractivity contribution < 1.29 is 9.84 Å². The predicted molar refractivity (Wildman–Crippen MR) is 64.3 cm³/mol. The van der Waals surface area contributed by atoms with E-state index in [0.29, 0.717) is 18.4 Å². The molecule has 0 bridgehead atoms. The van der Waals surface area contributed by atoms with Gasteiger partial charge in [-0.2, -0.15) is 0 Å². The van der Waals surface area contributed by atoms with Crippen molar-refractivity contribution in [1.82, 2.24) is 9.55 Å². The minimum atomic E-state index is -0.535. The molecule has 1 fully saturated rings. The molecule has 2 heterocycles. The van der Waals surface area contributed by atoms with E-state index >= 15 is 0 Å². The predicted octanol–water partition coefficient (Wildman–Crippen LogP) is -1.29. The van der Waals surface area contributed by atoms with Gasteiger partial charge < -0.3 is 15.6 Å². The lowest BCUT2D eigenvalue weighted by molar-refractivity contribution is -0.0272. The van der Waals surface area contributed by atoms with Crippen LogP contribution in [0, 0.1) is 0 Å². The van der Waals surface area contributed by atoms with Gasteiger partial charge in [0.25, 0.3) is 5.56 Å². The fraction of sp³-hybridized carbons (Fsp3) is 0.636. The molecule has 0 aromatic carbocycles. The van der Waals surface area contributed by atoms with Gasteiger partial charge in [0.2, 0.25) is 0 Å². The van der Waals surface area contributed by atoms with Crippen molar-refractivity contribution in [2.75, 3.05) is 6.61 Å². The first-order chi connectivity index (χ1) is 8.56. The third kappa shape index (κ3) is 2.24. The second kappa shape index (κ2) is 5.05. The molecule has 1 aromatic heterocycles. The van der Waals surface area contributed by atoms with Gasteiger partial charge in [0, 0.05) is 24.2 Å². The Morgan fingerprint density at radius 3 is 2.89 bits per heavy atom. The van der Waals surface area contributed by atoms with Crippen LogP contribution in [0.15, 0.2) is 15.8 Å². The fourth-order valence-corrected chi connectivity index (χ4v) is 2.09. The number of nitrogens with one attached hydrogen (secondary N) is 1. The number of aliphatic hydroxyl groups excluding tert-OH is 1. The number of aromatic nitrogens is 2. The highest BCUT2D eigenvalue weighted by Gasteiger charge is 2.33. The number of H-pyrrole nitrogens is 1. The Hall–Kier alpha value is -1.44. The number of aliphatic hydroxyl groups is 1. The average molecular weight is 255 g/mol. The van der Waals surface area contributed by atoms with Gasteiger partial charge >= 0.3 is 5.69 Å². The Morgan fingerprint density at radius 1 is 1.61 bits per heavy atom. The number of hydrogen-bond donors (Lipinski definition) is 3. The molecule has 0 saturated carbocycles. The Bertz CT molecular complexity index is 536. The summed E-state index contributed by atoms with van der Waals surface area (Å²) in [5, 5.41) is 9.07. The third-order valence-electron chi connectivity index (χ3n) is 3.20. The van der Waals surface area contributed by atoms with Gasteiger partial charge in [-0.15, -0.1) is 0 Å². The van der Waals surface area contributed by atoms with Crippen LogP contribution in [0.25, 0.3) is 0 Å². The lowest BCUT2D eigenvalue weighted by atomic mass is 10.1. The number of nitrogens with two attached hydrogens (primary N) is 1. The van der Waals surface area contributed by atoms with Crippen LogP contribution in [-0.2, 0) is 11.2 Å². The molecule has 3 atom stereocenters. The summed E-state index contributed by atoms with van der Waals surface area (Å²) < 4.78 is 6.82. The second-order valence-electron chi connectivity index (χ2n) is 4.39. The molecule has 100 valence electrons. The van der Waals surface area contributed by atoms with Crippen LogP contribution in [0.2, 0.25) is 0 Å². The molecule has 0 aliphatic carbocycles. The lowest BCUT2D eigenvalue weighted by Crippen LogP contribution is -2.34. The van der Waals surface area contributed by atoms with Crippen molar-refractivity contribution in [3.8, 4) is 0 Å². The van der Waals surface area contributed by atoms with E-state index < -0.39 is 18.0 Å². The van der Waals surface area contributed by atoms with Crippen LogP contribution in [-0.4, -0.2) is 33.4 Å². The van der Waals surface area contributed by atoms with Crippen molar-refractivity contribution in [3.63, 3.8) is 0 Å². The van der Waals surface area contributed by atoms with E-state index in [-0.39, 0.29) is 18.2 Å². The molecule has 0 unspecified atom stereocenters. The summed E-state index contributed by atoms with van der Waals surface area (Å²) in [5.41, 5.74) is 5.41. The van der Waals surface area contributed by atoms with Crippen molar-refractivity contribution >= 4 is 0 Å². The number of aromatic amines is 1. The van der Waals surface area contributed by atoms with Crippen LogP contribution in [0.1, 0.15) is 25.1 Å². The Kier molecular flexibility index (Phi) is 3.65. The first-order valence-electron chi connectivity index (χ1n) is 5.93. The van der Waals surface area contributed by atoms with Gasteiger partial charge in [0.15, 0.2) is 0 Å². The molecular weight excluding hydrogens is 238 g/mol. The molecule has 1 saturated heterocycles. The normalized spacial score (nSPS) is 27.6. The smallest absolute Gasteiger partial charge is 0.330 e. The molecule has 7 nitrogen and oxygen atoms in total. The van der Waals surface area contributed by atoms with E-state index in [2.05, 4.69) is 4.98 Å². The van der Waals surface area contributed by atoms with E-state index in [1.165, 1.54) is 10.8 Å². The Morgan fingerprint density at radius 2 is 2.33 bits per heavy atom. The summed E-state index contributed by atoms with van der Waals surface area (Å²) in [4.78, 5) is 25.4. The van der Waals surface area contributed by atoms with Gasteiger partial charge in [-0.1, -0.05) is 6.92 Å². The minimum absolute atomic E-state index is 0.184. The zero-order valence-corrected chi connectivity index (χ0v) is 10.1. The summed E-state index contributed by atoms with van der Waals surface area (Å²) in [7, 11) is 0. The maximum absolute atomic E-state index is 11.7. The van der Waals surface area contributed by atoms with Crippen molar-refractivity contribution in [1.29, 1.82) is 0 Å². The highest BCUT2D eigenvalue weighted by Crippen LogP contribution is 2.25. The quantitative estimate of drug-likeness (QED) is 0.622. The first kappa shape index (κ1) is 13.0. The molecule has 1 aliphatic rings. The number of nitrogens with zero attached hydrogens (tertiary/aromatic N) is 1. The Labute approximate surface area is 103 Å². The molecule has 1 aromatic rings.